The van der Waals surface area contributed by atoms with Gasteiger partial charge in [-0.1, -0.05) is 31.5 Å². The highest BCUT2D eigenvalue weighted by Gasteiger charge is 2.16. The lowest BCUT2D eigenvalue weighted by molar-refractivity contribution is 0.202. The van der Waals surface area contributed by atoms with Crippen molar-refractivity contribution in [3.63, 3.8) is 0 Å². The highest BCUT2D eigenvalue weighted by molar-refractivity contribution is 7.80. The van der Waals surface area contributed by atoms with Crippen LogP contribution in [0.4, 0.5) is 0 Å². The second kappa shape index (κ2) is 6.14. The van der Waals surface area contributed by atoms with Gasteiger partial charge in [-0.3, -0.25) is 0 Å². The molecule has 0 unspecified atom stereocenters. The summed E-state index contributed by atoms with van der Waals surface area (Å²) >= 11 is 5.07. The van der Waals surface area contributed by atoms with Gasteiger partial charge in [-0.25, -0.2) is 4.98 Å². The van der Waals surface area contributed by atoms with E-state index in [-0.39, 0.29) is 0 Å². The third-order valence-corrected chi connectivity index (χ3v) is 3.76. The molecule has 2 rings (SSSR count). The van der Waals surface area contributed by atoms with Crippen molar-refractivity contribution in [2.75, 3.05) is 6.61 Å². The molecule has 98 valence electrons. The van der Waals surface area contributed by atoms with Gasteiger partial charge >= 0.3 is 0 Å². The molecular formula is C14H20N2OS. The van der Waals surface area contributed by atoms with Gasteiger partial charge in [-0.15, -0.1) is 0 Å². The summed E-state index contributed by atoms with van der Waals surface area (Å²) in [6.45, 7) is 2.70. The molecule has 2 N–H and O–H groups in total. The SMILES string of the molecule is Cc1ccnc(OCC2CCCCC2)c1C(N)=S. The quantitative estimate of drug-likeness (QED) is 0.849. The van der Waals surface area contributed by atoms with Gasteiger partial charge in [-0.2, -0.15) is 0 Å². The normalized spacial score (nSPS) is 16.5. The molecule has 1 fully saturated rings. The number of ether oxygens (including phenoxy) is 1. The molecule has 1 aliphatic rings. The number of hydrogen-bond acceptors (Lipinski definition) is 3. The van der Waals surface area contributed by atoms with Crippen LogP contribution in [-0.4, -0.2) is 16.6 Å². The van der Waals surface area contributed by atoms with Crippen LogP contribution in [0.3, 0.4) is 0 Å². The van der Waals surface area contributed by atoms with E-state index in [4.69, 9.17) is 22.7 Å². The molecule has 18 heavy (non-hydrogen) atoms. The van der Waals surface area contributed by atoms with Gasteiger partial charge in [0.25, 0.3) is 0 Å². The second-order valence-electron chi connectivity index (χ2n) is 4.99. The van der Waals surface area contributed by atoms with Crippen molar-refractivity contribution >= 4 is 17.2 Å². The van der Waals surface area contributed by atoms with Crippen molar-refractivity contribution in [2.45, 2.75) is 39.0 Å². The Morgan fingerprint density at radius 2 is 2.17 bits per heavy atom. The van der Waals surface area contributed by atoms with Crippen LogP contribution >= 0.6 is 12.2 Å². The highest BCUT2D eigenvalue weighted by Crippen LogP contribution is 2.25. The minimum atomic E-state index is 0.360. The van der Waals surface area contributed by atoms with E-state index < -0.39 is 0 Å². The van der Waals surface area contributed by atoms with Crippen molar-refractivity contribution < 1.29 is 4.74 Å². The number of aromatic nitrogens is 1. The molecule has 0 bridgehead atoms. The molecule has 1 saturated carbocycles. The lowest BCUT2D eigenvalue weighted by atomic mass is 9.90. The number of nitrogens with two attached hydrogens (primary N) is 1. The number of rotatable bonds is 4. The van der Waals surface area contributed by atoms with Crippen LogP contribution in [0.1, 0.15) is 43.2 Å². The molecular weight excluding hydrogens is 244 g/mol. The molecule has 4 heteroatoms. The molecule has 0 radical (unpaired) electrons. The van der Waals surface area contributed by atoms with Crippen molar-refractivity contribution in [2.24, 2.45) is 11.7 Å². The third-order valence-electron chi connectivity index (χ3n) is 3.55. The summed E-state index contributed by atoms with van der Waals surface area (Å²) in [5, 5.41) is 0. The predicted molar refractivity (Wildman–Crippen MR) is 76.9 cm³/mol. The first-order chi connectivity index (χ1) is 8.68. The maximum atomic E-state index is 5.84. The second-order valence-corrected chi connectivity index (χ2v) is 5.43. The first kappa shape index (κ1) is 13.3. The van der Waals surface area contributed by atoms with Gasteiger partial charge in [0, 0.05) is 6.20 Å². The van der Waals surface area contributed by atoms with Crippen LogP contribution in [0.15, 0.2) is 12.3 Å². The van der Waals surface area contributed by atoms with Crippen molar-refractivity contribution in [3.05, 3.63) is 23.4 Å². The summed E-state index contributed by atoms with van der Waals surface area (Å²) in [5.74, 6) is 1.24. The van der Waals surface area contributed by atoms with Crippen LogP contribution < -0.4 is 10.5 Å². The third kappa shape index (κ3) is 3.19. The Morgan fingerprint density at radius 3 is 2.83 bits per heavy atom. The van der Waals surface area contributed by atoms with Gasteiger partial charge in [0.15, 0.2) is 0 Å². The minimum absolute atomic E-state index is 0.360. The lowest BCUT2D eigenvalue weighted by Gasteiger charge is -2.22. The van der Waals surface area contributed by atoms with Crippen molar-refractivity contribution in [1.29, 1.82) is 0 Å². The Bertz CT molecular complexity index is 428. The van der Waals surface area contributed by atoms with Gasteiger partial charge in [0.05, 0.1) is 12.2 Å². The number of aryl methyl sites for hydroxylation is 1. The molecule has 0 aliphatic heterocycles. The van der Waals surface area contributed by atoms with Crippen molar-refractivity contribution in [1.82, 2.24) is 4.98 Å². The van der Waals surface area contributed by atoms with E-state index in [9.17, 15) is 0 Å². The first-order valence-corrected chi connectivity index (χ1v) is 6.97. The Hall–Kier alpha value is -1.16. The fourth-order valence-corrected chi connectivity index (χ4v) is 2.74. The largest absolute Gasteiger partial charge is 0.477 e. The zero-order chi connectivity index (χ0) is 13.0. The summed E-state index contributed by atoms with van der Waals surface area (Å²) in [6.07, 6.45) is 8.25. The lowest BCUT2D eigenvalue weighted by Crippen LogP contribution is -2.19. The Labute approximate surface area is 114 Å². The summed E-state index contributed by atoms with van der Waals surface area (Å²) in [7, 11) is 0. The summed E-state index contributed by atoms with van der Waals surface area (Å²) in [6, 6.07) is 1.90. The van der Waals surface area contributed by atoms with Crippen LogP contribution in [0.5, 0.6) is 5.88 Å². The number of pyridine rings is 1. The van der Waals surface area contributed by atoms with Gasteiger partial charge < -0.3 is 10.5 Å². The molecule has 0 amide bonds. The maximum Gasteiger partial charge on any atom is 0.223 e. The molecule has 0 aromatic carbocycles. The molecule has 1 heterocycles. The van der Waals surface area contributed by atoms with E-state index in [1.165, 1.54) is 32.1 Å². The number of nitrogens with zero attached hydrogens (tertiary/aromatic N) is 1. The maximum absolute atomic E-state index is 5.84. The fraction of sp³-hybridized carbons (Fsp3) is 0.571. The number of thiocarbonyl (C=S) groups is 1. The topological polar surface area (TPSA) is 48.1 Å². The zero-order valence-electron chi connectivity index (χ0n) is 10.8. The van der Waals surface area contributed by atoms with Gasteiger partial charge in [-0.05, 0) is 37.3 Å². The van der Waals surface area contributed by atoms with Gasteiger partial charge in [0.2, 0.25) is 5.88 Å². The minimum Gasteiger partial charge on any atom is -0.477 e. The molecule has 1 aromatic heterocycles. The van der Waals surface area contributed by atoms with E-state index in [1.807, 2.05) is 13.0 Å². The van der Waals surface area contributed by atoms with E-state index in [2.05, 4.69) is 4.98 Å². The molecule has 0 saturated heterocycles. The van der Waals surface area contributed by atoms with Crippen LogP contribution in [0, 0.1) is 12.8 Å². The monoisotopic (exact) mass is 264 g/mol. The molecule has 1 aromatic rings. The number of hydrogen-bond donors (Lipinski definition) is 1. The molecule has 0 spiro atoms. The Balaban J connectivity index is 2.04. The Kier molecular flexibility index (Phi) is 4.53. The Morgan fingerprint density at radius 1 is 1.44 bits per heavy atom. The average molecular weight is 264 g/mol. The predicted octanol–water partition coefficient (Wildman–Crippen LogP) is 2.98. The van der Waals surface area contributed by atoms with E-state index in [0.29, 0.717) is 16.8 Å². The van der Waals surface area contributed by atoms with Crippen molar-refractivity contribution in [3.8, 4) is 5.88 Å². The van der Waals surface area contributed by atoms with Crippen LogP contribution in [0.25, 0.3) is 0 Å². The summed E-state index contributed by atoms with van der Waals surface area (Å²) in [4.78, 5) is 4.62. The van der Waals surface area contributed by atoms with Crippen LogP contribution in [0.2, 0.25) is 0 Å². The molecule has 1 aliphatic carbocycles. The van der Waals surface area contributed by atoms with E-state index in [0.717, 1.165) is 17.7 Å². The van der Waals surface area contributed by atoms with E-state index >= 15 is 0 Å². The highest BCUT2D eigenvalue weighted by atomic mass is 32.1. The van der Waals surface area contributed by atoms with E-state index in [1.54, 1.807) is 6.20 Å². The standard InChI is InChI=1S/C14H20N2OS/c1-10-7-8-16-14(12(10)13(15)18)17-9-11-5-3-2-4-6-11/h7-8,11H,2-6,9H2,1H3,(H2,15,18). The fourth-order valence-electron chi connectivity index (χ4n) is 2.49. The first-order valence-electron chi connectivity index (χ1n) is 6.56. The zero-order valence-corrected chi connectivity index (χ0v) is 11.6. The van der Waals surface area contributed by atoms with Gasteiger partial charge in [0.1, 0.15) is 4.99 Å². The molecule has 3 nitrogen and oxygen atoms in total. The smallest absolute Gasteiger partial charge is 0.223 e. The van der Waals surface area contributed by atoms with Crippen LogP contribution in [-0.2, 0) is 0 Å². The summed E-state index contributed by atoms with van der Waals surface area (Å²) in [5.41, 5.74) is 7.54. The molecule has 0 atom stereocenters. The summed E-state index contributed by atoms with van der Waals surface area (Å²) < 4.78 is 5.84. The average Bonchev–Trinajstić information content (AvgIpc) is 2.37.